The highest BCUT2D eigenvalue weighted by Gasteiger charge is 2.30. The maximum absolute atomic E-state index is 12.9. The van der Waals surface area contributed by atoms with Gasteiger partial charge in [0.05, 0.1) is 16.1 Å². The number of H-pyrrole nitrogens is 1. The summed E-state index contributed by atoms with van der Waals surface area (Å²) in [6.07, 6.45) is 1.62. The van der Waals surface area contributed by atoms with E-state index >= 15 is 0 Å². The van der Waals surface area contributed by atoms with E-state index < -0.39 is 0 Å². The van der Waals surface area contributed by atoms with Crippen molar-refractivity contribution in [2.24, 2.45) is 0 Å². The number of amides is 1. The molecule has 2 aliphatic heterocycles. The van der Waals surface area contributed by atoms with Gasteiger partial charge in [0.25, 0.3) is 5.91 Å². The molecule has 1 N–H and O–H groups in total. The number of aromatic amines is 1. The van der Waals surface area contributed by atoms with Gasteiger partial charge in [0.15, 0.2) is 0 Å². The van der Waals surface area contributed by atoms with Gasteiger partial charge in [0, 0.05) is 37.1 Å². The van der Waals surface area contributed by atoms with E-state index in [-0.39, 0.29) is 18.0 Å². The third-order valence-electron chi connectivity index (χ3n) is 6.21. The van der Waals surface area contributed by atoms with Crippen molar-refractivity contribution in [2.75, 3.05) is 32.7 Å². The molecule has 2 aliphatic rings. The molecule has 1 saturated heterocycles. The normalized spacial score (nSPS) is 18.9. The lowest BCUT2D eigenvalue weighted by Crippen LogP contribution is -2.48. The number of ether oxygens (including phenoxy) is 1. The first-order valence-corrected chi connectivity index (χ1v) is 11.1. The number of para-hydroxylation sites is 1. The maximum Gasteiger partial charge on any atom is 0.339 e. The molecule has 3 heterocycles. The average Bonchev–Trinajstić information content (AvgIpc) is 3.37. The van der Waals surface area contributed by atoms with Gasteiger partial charge in [0.1, 0.15) is 11.8 Å². The second kappa shape index (κ2) is 8.36. The molecule has 3 aromatic rings. The highest BCUT2D eigenvalue weighted by Crippen LogP contribution is 2.33. The Labute approximate surface area is 185 Å². The summed E-state index contributed by atoms with van der Waals surface area (Å²) >= 11 is 6.22. The van der Waals surface area contributed by atoms with Gasteiger partial charge < -0.3 is 14.6 Å². The van der Waals surface area contributed by atoms with E-state index in [9.17, 15) is 9.59 Å². The number of esters is 1. The minimum atomic E-state index is -0.217. The second-order valence-electron chi connectivity index (χ2n) is 8.14. The quantitative estimate of drug-likeness (QED) is 0.605. The molecule has 0 unspecified atom stereocenters. The van der Waals surface area contributed by atoms with Crippen LogP contribution in [0.25, 0.3) is 10.9 Å². The zero-order chi connectivity index (χ0) is 21.4. The molecule has 0 radical (unpaired) electrons. The molecule has 5 rings (SSSR count). The number of aromatic nitrogens is 1. The summed E-state index contributed by atoms with van der Waals surface area (Å²) in [6.45, 7) is 4.01. The topological polar surface area (TPSA) is 65.6 Å². The molecule has 1 fully saturated rings. The number of carbonyl (C=O) groups is 2. The van der Waals surface area contributed by atoms with Crippen molar-refractivity contribution < 1.29 is 14.3 Å². The second-order valence-corrected chi connectivity index (χ2v) is 8.55. The van der Waals surface area contributed by atoms with Crippen molar-refractivity contribution in [2.45, 2.75) is 18.9 Å². The first-order valence-electron chi connectivity index (χ1n) is 10.7. The Morgan fingerprint density at radius 2 is 1.90 bits per heavy atom. The third-order valence-corrected chi connectivity index (χ3v) is 6.53. The molecule has 31 heavy (non-hydrogen) atoms. The van der Waals surface area contributed by atoms with Gasteiger partial charge in [0.2, 0.25) is 0 Å². The summed E-state index contributed by atoms with van der Waals surface area (Å²) in [5.74, 6) is -0.201. The Kier molecular flexibility index (Phi) is 5.42. The summed E-state index contributed by atoms with van der Waals surface area (Å²) in [4.78, 5) is 32.3. The highest BCUT2D eigenvalue weighted by atomic mass is 35.5. The summed E-state index contributed by atoms with van der Waals surface area (Å²) in [5.41, 5.74) is 3.08. The molecule has 2 aromatic carbocycles. The molecule has 0 spiro atoms. The van der Waals surface area contributed by atoms with Crippen molar-refractivity contribution >= 4 is 34.4 Å². The van der Waals surface area contributed by atoms with E-state index in [0.29, 0.717) is 29.4 Å². The number of halogens is 1. The van der Waals surface area contributed by atoms with Crippen LogP contribution in [0.3, 0.4) is 0 Å². The molecule has 0 aliphatic carbocycles. The van der Waals surface area contributed by atoms with Crippen molar-refractivity contribution in [1.29, 1.82) is 0 Å². The van der Waals surface area contributed by atoms with Crippen LogP contribution in [0.1, 0.15) is 45.4 Å². The van der Waals surface area contributed by atoms with Crippen molar-refractivity contribution in [3.63, 3.8) is 0 Å². The number of carbonyl (C=O) groups excluding carboxylic acids is 2. The van der Waals surface area contributed by atoms with Crippen LogP contribution >= 0.6 is 11.6 Å². The third kappa shape index (κ3) is 3.93. The minimum Gasteiger partial charge on any atom is -0.454 e. The summed E-state index contributed by atoms with van der Waals surface area (Å²) in [6, 6.07) is 15.2. The number of fused-ring (bicyclic) bond motifs is 2. The first kappa shape index (κ1) is 20.1. The van der Waals surface area contributed by atoms with Gasteiger partial charge in [-0.2, -0.15) is 0 Å². The average molecular weight is 438 g/mol. The number of benzene rings is 2. The number of nitrogens with zero attached hydrogens (tertiary/aromatic N) is 2. The zero-order valence-corrected chi connectivity index (χ0v) is 17.9. The van der Waals surface area contributed by atoms with Gasteiger partial charge in [-0.05, 0) is 37.6 Å². The van der Waals surface area contributed by atoms with Crippen molar-refractivity contribution in [1.82, 2.24) is 14.8 Å². The minimum absolute atomic E-state index is 0.0152. The molecule has 6 nitrogen and oxygen atoms in total. The largest absolute Gasteiger partial charge is 0.454 e. The molecule has 1 atom stereocenters. The predicted octanol–water partition coefficient (Wildman–Crippen LogP) is 4.27. The Hall–Kier alpha value is -2.83. The fraction of sp³-hybridized carbons (Fsp3) is 0.333. The Morgan fingerprint density at radius 1 is 1.10 bits per heavy atom. The predicted molar refractivity (Wildman–Crippen MR) is 119 cm³/mol. The van der Waals surface area contributed by atoms with Gasteiger partial charge in [-0.3, -0.25) is 9.69 Å². The molecule has 0 saturated carbocycles. The standard InChI is InChI=1S/C24H24ClN3O3/c25-19-8-3-5-16-15-20(26-22(16)19)23(29)28-13-11-27(12-14-28)10-4-9-21-17-6-1-2-7-18(17)24(30)31-21/h1-3,5-8,15,21,26H,4,9-14H2/t21-/m1/s1. The maximum atomic E-state index is 12.9. The number of hydrogen-bond donors (Lipinski definition) is 1. The van der Waals surface area contributed by atoms with Crippen molar-refractivity contribution in [3.05, 3.63) is 70.4 Å². The number of piperazine rings is 1. The van der Waals surface area contributed by atoms with Gasteiger partial charge in [-0.25, -0.2) is 4.79 Å². The van der Waals surface area contributed by atoms with Gasteiger partial charge in [-0.15, -0.1) is 0 Å². The molecule has 0 bridgehead atoms. The van der Waals surface area contributed by atoms with E-state index in [4.69, 9.17) is 16.3 Å². The monoisotopic (exact) mass is 437 g/mol. The molecule has 7 heteroatoms. The highest BCUT2D eigenvalue weighted by molar-refractivity contribution is 6.35. The van der Waals surface area contributed by atoms with Crippen LogP contribution in [-0.4, -0.2) is 59.4 Å². The molecular formula is C24H24ClN3O3. The number of cyclic esters (lactones) is 1. The Balaban J connectivity index is 1.12. The van der Waals surface area contributed by atoms with Crippen LogP contribution in [0.4, 0.5) is 0 Å². The van der Waals surface area contributed by atoms with Gasteiger partial charge >= 0.3 is 5.97 Å². The van der Waals surface area contributed by atoms with E-state index in [1.165, 1.54) is 0 Å². The van der Waals surface area contributed by atoms with Crippen LogP contribution in [0, 0.1) is 0 Å². The lowest BCUT2D eigenvalue weighted by atomic mass is 10.0. The lowest BCUT2D eigenvalue weighted by Gasteiger charge is -2.34. The molecular weight excluding hydrogens is 414 g/mol. The van der Waals surface area contributed by atoms with Crippen molar-refractivity contribution in [3.8, 4) is 0 Å². The van der Waals surface area contributed by atoms with E-state index in [0.717, 1.165) is 48.9 Å². The van der Waals surface area contributed by atoms with Crippen LogP contribution in [0.2, 0.25) is 5.02 Å². The molecule has 160 valence electrons. The summed E-state index contributed by atoms with van der Waals surface area (Å²) in [5, 5.41) is 1.57. The lowest BCUT2D eigenvalue weighted by molar-refractivity contribution is 0.0353. The van der Waals surface area contributed by atoms with Crippen LogP contribution in [0.5, 0.6) is 0 Å². The summed E-state index contributed by atoms with van der Waals surface area (Å²) < 4.78 is 5.53. The van der Waals surface area contributed by atoms with Crippen LogP contribution in [0.15, 0.2) is 48.5 Å². The van der Waals surface area contributed by atoms with E-state index in [1.54, 1.807) is 0 Å². The van der Waals surface area contributed by atoms with Crippen LogP contribution < -0.4 is 0 Å². The van der Waals surface area contributed by atoms with E-state index in [1.807, 2.05) is 53.4 Å². The fourth-order valence-electron chi connectivity index (χ4n) is 4.51. The SMILES string of the molecule is O=C1O[C@H](CCCN2CCN(C(=O)c3cc4cccc(Cl)c4[nH]3)CC2)c2ccccc21. The fourth-order valence-corrected chi connectivity index (χ4v) is 4.74. The van der Waals surface area contributed by atoms with Crippen LogP contribution in [-0.2, 0) is 4.74 Å². The van der Waals surface area contributed by atoms with E-state index in [2.05, 4.69) is 9.88 Å². The molecule has 1 amide bonds. The Morgan fingerprint density at radius 3 is 2.71 bits per heavy atom. The Bertz CT molecular complexity index is 1130. The number of hydrogen-bond acceptors (Lipinski definition) is 4. The number of nitrogens with one attached hydrogen (secondary N) is 1. The number of rotatable bonds is 5. The smallest absolute Gasteiger partial charge is 0.339 e. The zero-order valence-electron chi connectivity index (χ0n) is 17.1. The molecule has 1 aromatic heterocycles. The van der Waals surface area contributed by atoms with Gasteiger partial charge in [-0.1, -0.05) is 41.9 Å². The summed E-state index contributed by atoms with van der Waals surface area (Å²) in [7, 11) is 0. The first-order chi connectivity index (χ1) is 15.1.